The zero-order chi connectivity index (χ0) is 17.0. The summed E-state index contributed by atoms with van der Waals surface area (Å²) in [4.78, 5) is 14.3. The van der Waals surface area contributed by atoms with E-state index < -0.39 is 5.60 Å². The normalized spacial score (nSPS) is 23.3. The highest BCUT2D eigenvalue weighted by Crippen LogP contribution is 2.33. The molecule has 5 nitrogen and oxygen atoms in total. The molecule has 2 atom stereocenters. The van der Waals surface area contributed by atoms with Crippen LogP contribution in [-0.2, 0) is 4.74 Å². The van der Waals surface area contributed by atoms with Crippen molar-refractivity contribution in [2.24, 2.45) is 11.8 Å². The SMILES string of the molecule is CC(NC(CNC(=O)OC(C)(C)C)C1CC1)C1CCN(C)CC1. The second kappa shape index (κ2) is 7.84. The van der Waals surface area contributed by atoms with Gasteiger partial charge in [0.15, 0.2) is 0 Å². The largest absolute Gasteiger partial charge is 0.444 e. The van der Waals surface area contributed by atoms with Crippen LogP contribution in [0.2, 0.25) is 0 Å². The van der Waals surface area contributed by atoms with E-state index in [0.717, 1.165) is 5.92 Å². The van der Waals surface area contributed by atoms with Crippen LogP contribution in [0.3, 0.4) is 0 Å². The maximum atomic E-state index is 11.9. The summed E-state index contributed by atoms with van der Waals surface area (Å²) in [6.45, 7) is 11.0. The maximum absolute atomic E-state index is 11.9. The van der Waals surface area contributed by atoms with Gasteiger partial charge in [-0.1, -0.05) is 0 Å². The Kier molecular flexibility index (Phi) is 6.32. The summed E-state index contributed by atoms with van der Waals surface area (Å²) in [6.07, 6.45) is 4.77. The van der Waals surface area contributed by atoms with Gasteiger partial charge in [-0.3, -0.25) is 0 Å². The number of likely N-dealkylation sites (tertiary alicyclic amines) is 1. The minimum absolute atomic E-state index is 0.308. The lowest BCUT2D eigenvalue weighted by Gasteiger charge is -2.35. The highest BCUT2D eigenvalue weighted by molar-refractivity contribution is 5.67. The topological polar surface area (TPSA) is 53.6 Å². The third kappa shape index (κ3) is 6.68. The van der Waals surface area contributed by atoms with Crippen LogP contribution in [0.15, 0.2) is 0 Å². The number of nitrogens with one attached hydrogen (secondary N) is 2. The minimum Gasteiger partial charge on any atom is -0.444 e. The Bertz CT molecular complexity index is 382. The molecule has 1 heterocycles. The molecule has 1 aliphatic heterocycles. The summed E-state index contributed by atoms with van der Waals surface area (Å²) in [5, 5.41) is 6.74. The highest BCUT2D eigenvalue weighted by atomic mass is 16.6. The smallest absolute Gasteiger partial charge is 0.407 e. The molecule has 1 saturated heterocycles. The molecule has 0 bridgehead atoms. The van der Waals surface area contributed by atoms with Crippen LogP contribution >= 0.6 is 0 Å². The Balaban J connectivity index is 1.76. The number of hydrogen-bond donors (Lipinski definition) is 2. The number of carbonyl (C=O) groups excluding carboxylic acids is 1. The molecule has 5 heteroatoms. The number of nitrogens with zero attached hydrogens (tertiary/aromatic N) is 1. The highest BCUT2D eigenvalue weighted by Gasteiger charge is 2.34. The van der Waals surface area contributed by atoms with Crippen LogP contribution in [0.1, 0.15) is 53.4 Å². The van der Waals surface area contributed by atoms with Gasteiger partial charge in [-0.2, -0.15) is 0 Å². The molecule has 2 N–H and O–H groups in total. The van der Waals surface area contributed by atoms with E-state index in [2.05, 4.69) is 29.5 Å². The van der Waals surface area contributed by atoms with Gasteiger partial charge in [0.2, 0.25) is 0 Å². The van der Waals surface area contributed by atoms with Gasteiger partial charge in [0, 0.05) is 18.6 Å². The molecule has 0 radical (unpaired) electrons. The van der Waals surface area contributed by atoms with Crippen LogP contribution in [0, 0.1) is 11.8 Å². The Morgan fingerprint density at radius 2 is 1.78 bits per heavy atom. The summed E-state index contributed by atoms with van der Waals surface area (Å²) in [5.41, 5.74) is -0.437. The van der Waals surface area contributed by atoms with Gasteiger partial charge < -0.3 is 20.3 Å². The maximum Gasteiger partial charge on any atom is 0.407 e. The van der Waals surface area contributed by atoms with Crippen molar-refractivity contribution >= 4 is 6.09 Å². The van der Waals surface area contributed by atoms with E-state index in [1.54, 1.807) is 0 Å². The van der Waals surface area contributed by atoms with Crippen molar-refractivity contribution in [3.8, 4) is 0 Å². The van der Waals surface area contributed by atoms with Crippen LogP contribution in [0.5, 0.6) is 0 Å². The predicted molar refractivity (Wildman–Crippen MR) is 93.6 cm³/mol. The molecular weight excluding hydrogens is 290 g/mol. The van der Waals surface area contributed by atoms with Crippen molar-refractivity contribution in [1.82, 2.24) is 15.5 Å². The number of piperidine rings is 1. The van der Waals surface area contributed by atoms with Gasteiger partial charge in [-0.05, 0) is 85.4 Å². The van der Waals surface area contributed by atoms with E-state index >= 15 is 0 Å². The number of amides is 1. The second-order valence-corrected chi connectivity index (χ2v) is 8.42. The van der Waals surface area contributed by atoms with Crippen LogP contribution in [-0.4, -0.2) is 55.4 Å². The molecule has 2 unspecified atom stereocenters. The first-order chi connectivity index (χ1) is 10.7. The summed E-state index contributed by atoms with van der Waals surface area (Å²) >= 11 is 0. The number of hydrogen-bond acceptors (Lipinski definition) is 4. The van der Waals surface area contributed by atoms with E-state index in [1.807, 2.05) is 20.8 Å². The van der Waals surface area contributed by atoms with Crippen LogP contribution < -0.4 is 10.6 Å². The Morgan fingerprint density at radius 1 is 1.17 bits per heavy atom. The predicted octanol–water partition coefficient (Wildman–Crippen LogP) is 2.61. The summed E-state index contributed by atoms with van der Waals surface area (Å²) < 4.78 is 5.34. The van der Waals surface area contributed by atoms with E-state index in [0.29, 0.717) is 24.5 Å². The average Bonchev–Trinajstić information content (AvgIpc) is 3.26. The molecule has 2 aliphatic rings. The molecule has 2 fully saturated rings. The zero-order valence-electron chi connectivity index (χ0n) is 15.5. The molecule has 0 aromatic carbocycles. The van der Waals surface area contributed by atoms with Crippen molar-refractivity contribution in [2.75, 3.05) is 26.7 Å². The molecule has 23 heavy (non-hydrogen) atoms. The fourth-order valence-electron chi connectivity index (χ4n) is 3.37. The lowest BCUT2D eigenvalue weighted by Crippen LogP contribution is -2.50. The molecule has 0 aromatic rings. The standard InChI is InChI=1S/C18H35N3O2/c1-13(14-8-10-21(5)11-9-14)20-16(15-6-7-15)12-19-17(22)23-18(2,3)4/h13-16,20H,6-12H2,1-5H3,(H,19,22). The van der Waals surface area contributed by atoms with Crippen LogP contribution in [0.25, 0.3) is 0 Å². The first-order valence-corrected chi connectivity index (χ1v) is 9.16. The van der Waals surface area contributed by atoms with E-state index in [4.69, 9.17) is 4.74 Å². The second-order valence-electron chi connectivity index (χ2n) is 8.42. The number of alkyl carbamates (subject to hydrolysis) is 1. The minimum atomic E-state index is -0.437. The summed E-state index contributed by atoms with van der Waals surface area (Å²) in [6, 6.07) is 0.881. The first kappa shape index (κ1) is 18.5. The van der Waals surface area contributed by atoms with Gasteiger partial charge in [0.05, 0.1) is 0 Å². The molecule has 0 aromatic heterocycles. The van der Waals surface area contributed by atoms with Gasteiger partial charge in [0.1, 0.15) is 5.60 Å². The summed E-state index contributed by atoms with van der Waals surface area (Å²) in [7, 11) is 2.20. The molecule has 1 amide bonds. The van der Waals surface area contributed by atoms with Crippen LogP contribution in [0.4, 0.5) is 4.79 Å². The molecule has 0 spiro atoms. The van der Waals surface area contributed by atoms with Crippen molar-refractivity contribution < 1.29 is 9.53 Å². The lowest BCUT2D eigenvalue weighted by atomic mass is 9.90. The summed E-state index contributed by atoms with van der Waals surface area (Å²) in [5.74, 6) is 1.45. The Labute approximate surface area is 141 Å². The molecule has 134 valence electrons. The fourth-order valence-corrected chi connectivity index (χ4v) is 3.37. The van der Waals surface area contributed by atoms with Gasteiger partial charge in [-0.25, -0.2) is 4.79 Å². The molecule has 1 aliphatic carbocycles. The first-order valence-electron chi connectivity index (χ1n) is 9.16. The molecule has 2 rings (SSSR count). The van der Waals surface area contributed by atoms with E-state index in [-0.39, 0.29) is 6.09 Å². The molecular formula is C18H35N3O2. The number of carbonyl (C=O) groups is 1. The van der Waals surface area contributed by atoms with Gasteiger partial charge in [-0.15, -0.1) is 0 Å². The van der Waals surface area contributed by atoms with Crippen molar-refractivity contribution in [3.63, 3.8) is 0 Å². The van der Waals surface area contributed by atoms with Gasteiger partial charge >= 0.3 is 6.09 Å². The average molecular weight is 325 g/mol. The Morgan fingerprint density at radius 3 is 2.30 bits per heavy atom. The lowest BCUT2D eigenvalue weighted by molar-refractivity contribution is 0.0518. The van der Waals surface area contributed by atoms with Gasteiger partial charge in [0.25, 0.3) is 0 Å². The van der Waals surface area contributed by atoms with Crippen molar-refractivity contribution in [2.45, 2.75) is 71.1 Å². The Hall–Kier alpha value is -0.810. The van der Waals surface area contributed by atoms with Crippen molar-refractivity contribution in [1.29, 1.82) is 0 Å². The monoisotopic (exact) mass is 325 g/mol. The zero-order valence-corrected chi connectivity index (χ0v) is 15.5. The van der Waals surface area contributed by atoms with E-state index in [9.17, 15) is 4.79 Å². The quantitative estimate of drug-likeness (QED) is 0.788. The van der Waals surface area contributed by atoms with Crippen molar-refractivity contribution in [3.05, 3.63) is 0 Å². The number of ether oxygens (including phenoxy) is 1. The third-order valence-corrected chi connectivity index (χ3v) is 5.00. The third-order valence-electron chi connectivity index (χ3n) is 5.00. The molecule has 1 saturated carbocycles. The van der Waals surface area contributed by atoms with E-state index in [1.165, 1.54) is 38.8 Å². The fraction of sp³-hybridized carbons (Fsp3) is 0.944. The number of rotatable bonds is 6.